The minimum atomic E-state index is -0.486. The van der Waals surface area contributed by atoms with Crippen molar-refractivity contribution in [2.75, 3.05) is 13.7 Å². The Kier molecular flexibility index (Phi) is 4.51. The molecule has 1 heterocycles. The molecule has 92 valence electrons. The average molecular weight is 238 g/mol. The van der Waals surface area contributed by atoms with E-state index in [1.807, 2.05) is 0 Å². The molecule has 0 saturated carbocycles. The number of allylic oxidation sites excluding steroid dienone is 1. The Hall–Kier alpha value is -2.04. The van der Waals surface area contributed by atoms with Crippen molar-refractivity contribution in [1.29, 1.82) is 0 Å². The molecule has 0 fully saturated rings. The van der Waals surface area contributed by atoms with Gasteiger partial charge in [0.05, 0.1) is 13.2 Å². The Morgan fingerprint density at radius 3 is 2.71 bits per heavy atom. The molecule has 17 heavy (non-hydrogen) atoms. The van der Waals surface area contributed by atoms with Gasteiger partial charge in [-0.25, -0.2) is 4.79 Å². The fourth-order valence-electron chi connectivity index (χ4n) is 1.15. The summed E-state index contributed by atoms with van der Waals surface area (Å²) in [5.41, 5.74) is 0.210. The predicted molar refractivity (Wildman–Crippen MR) is 61.8 cm³/mol. The van der Waals surface area contributed by atoms with Gasteiger partial charge in [-0.1, -0.05) is 0 Å². The van der Waals surface area contributed by atoms with Crippen molar-refractivity contribution in [3.8, 4) is 5.75 Å². The van der Waals surface area contributed by atoms with Gasteiger partial charge in [0.2, 0.25) is 0 Å². The first kappa shape index (κ1) is 13.0. The molecule has 0 unspecified atom stereocenters. The standard InChI is InChI=1S/C12H14O5/c1-8(4-5-16-9(2)13)11-6-10(15-3)7-12(14)17-11/h4,6-7H,5H2,1-3H3/b8-4+. The van der Waals surface area contributed by atoms with Crippen LogP contribution in [0.4, 0.5) is 0 Å². The van der Waals surface area contributed by atoms with Crippen molar-refractivity contribution in [3.63, 3.8) is 0 Å². The van der Waals surface area contributed by atoms with Crippen LogP contribution in [-0.4, -0.2) is 19.7 Å². The van der Waals surface area contributed by atoms with Gasteiger partial charge in [-0.15, -0.1) is 0 Å². The molecule has 0 amide bonds. The molecule has 0 aliphatic carbocycles. The predicted octanol–water partition coefficient (Wildman–Crippen LogP) is 1.61. The van der Waals surface area contributed by atoms with Gasteiger partial charge in [0.15, 0.2) is 0 Å². The molecule has 1 aromatic rings. The number of rotatable bonds is 4. The highest BCUT2D eigenvalue weighted by atomic mass is 16.5. The van der Waals surface area contributed by atoms with Gasteiger partial charge >= 0.3 is 11.6 Å². The minimum absolute atomic E-state index is 0.141. The maximum absolute atomic E-state index is 11.2. The zero-order chi connectivity index (χ0) is 12.8. The molecular weight excluding hydrogens is 224 g/mol. The molecule has 0 atom stereocenters. The first-order chi connectivity index (χ1) is 8.02. The van der Waals surface area contributed by atoms with Crippen LogP contribution >= 0.6 is 0 Å². The Labute approximate surface area is 98.7 Å². The topological polar surface area (TPSA) is 65.7 Å². The Bertz CT molecular complexity index is 484. The fraction of sp³-hybridized carbons (Fsp3) is 0.333. The summed E-state index contributed by atoms with van der Waals surface area (Å²) in [5.74, 6) is 0.458. The van der Waals surface area contributed by atoms with E-state index in [-0.39, 0.29) is 12.6 Å². The molecule has 0 aliphatic heterocycles. The van der Waals surface area contributed by atoms with Crippen LogP contribution < -0.4 is 10.4 Å². The molecule has 0 radical (unpaired) electrons. The van der Waals surface area contributed by atoms with Crippen LogP contribution in [0.25, 0.3) is 5.57 Å². The Morgan fingerprint density at radius 2 is 2.12 bits per heavy atom. The van der Waals surface area contributed by atoms with Crippen LogP contribution in [0.15, 0.2) is 27.4 Å². The van der Waals surface area contributed by atoms with E-state index in [0.717, 1.165) is 0 Å². The number of methoxy groups -OCH3 is 1. The van der Waals surface area contributed by atoms with Gasteiger partial charge < -0.3 is 13.9 Å². The SMILES string of the molecule is COc1cc(/C(C)=C/COC(C)=O)oc(=O)c1. The lowest BCUT2D eigenvalue weighted by atomic mass is 10.2. The number of esters is 1. The summed E-state index contributed by atoms with van der Waals surface area (Å²) >= 11 is 0. The van der Waals surface area contributed by atoms with Crippen molar-refractivity contribution >= 4 is 11.5 Å². The van der Waals surface area contributed by atoms with Gasteiger partial charge in [-0.05, 0) is 18.6 Å². The smallest absolute Gasteiger partial charge is 0.339 e. The van der Waals surface area contributed by atoms with E-state index in [1.54, 1.807) is 19.1 Å². The monoisotopic (exact) mass is 238 g/mol. The van der Waals surface area contributed by atoms with E-state index < -0.39 is 5.63 Å². The summed E-state index contributed by atoms with van der Waals surface area (Å²) in [6, 6.07) is 2.85. The Morgan fingerprint density at radius 1 is 1.41 bits per heavy atom. The van der Waals surface area contributed by atoms with Crippen molar-refractivity contribution in [2.24, 2.45) is 0 Å². The van der Waals surface area contributed by atoms with Crippen LogP contribution in [0.2, 0.25) is 0 Å². The quantitative estimate of drug-likeness (QED) is 0.745. The highest BCUT2D eigenvalue weighted by Crippen LogP contribution is 2.17. The molecule has 1 rings (SSSR count). The summed E-state index contributed by atoms with van der Waals surface area (Å²) in [6.07, 6.45) is 1.65. The number of hydrogen-bond donors (Lipinski definition) is 0. The van der Waals surface area contributed by atoms with Crippen LogP contribution in [0, 0.1) is 0 Å². The molecule has 0 spiro atoms. The lowest BCUT2D eigenvalue weighted by molar-refractivity contribution is -0.139. The number of carbonyl (C=O) groups is 1. The average Bonchev–Trinajstić information content (AvgIpc) is 2.27. The van der Waals surface area contributed by atoms with Gasteiger partial charge in [0.1, 0.15) is 18.1 Å². The van der Waals surface area contributed by atoms with Crippen LogP contribution in [0.3, 0.4) is 0 Å². The highest BCUT2D eigenvalue weighted by molar-refractivity contribution is 5.66. The van der Waals surface area contributed by atoms with Gasteiger partial charge in [-0.3, -0.25) is 4.79 Å². The van der Waals surface area contributed by atoms with E-state index in [9.17, 15) is 9.59 Å². The largest absolute Gasteiger partial charge is 0.496 e. The van der Waals surface area contributed by atoms with Crippen molar-refractivity contribution in [3.05, 3.63) is 34.4 Å². The minimum Gasteiger partial charge on any atom is -0.496 e. The van der Waals surface area contributed by atoms with Gasteiger partial charge in [0, 0.05) is 13.0 Å². The summed E-state index contributed by atoms with van der Waals surface area (Å²) in [4.78, 5) is 21.8. The third kappa shape index (κ3) is 4.14. The van der Waals surface area contributed by atoms with E-state index in [4.69, 9.17) is 13.9 Å². The molecule has 5 nitrogen and oxygen atoms in total. The fourth-order valence-corrected chi connectivity index (χ4v) is 1.15. The van der Waals surface area contributed by atoms with E-state index in [0.29, 0.717) is 17.1 Å². The van der Waals surface area contributed by atoms with E-state index in [1.165, 1.54) is 20.1 Å². The van der Waals surface area contributed by atoms with E-state index in [2.05, 4.69) is 0 Å². The number of ether oxygens (including phenoxy) is 2. The van der Waals surface area contributed by atoms with Crippen molar-refractivity contribution in [2.45, 2.75) is 13.8 Å². The maximum atomic E-state index is 11.2. The third-order valence-electron chi connectivity index (χ3n) is 2.04. The second kappa shape index (κ2) is 5.89. The van der Waals surface area contributed by atoms with Crippen molar-refractivity contribution in [1.82, 2.24) is 0 Å². The van der Waals surface area contributed by atoms with Crippen LogP contribution in [0.1, 0.15) is 19.6 Å². The highest BCUT2D eigenvalue weighted by Gasteiger charge is 2.04. The molecule has 0 N–H and O–H groups in total. The van der Waals surface area contributed by atoms with E-state index >= 15 is 0 Å². The second-order valence-corrected chi connectivity index (χ2v) is 3.37. The van der Waals surface area contributed by atoms with Gasteiger partial charge in [0.25, 0.3) is 0 Å². The third-order valence-corrected chi connectivity index (χ3v) is 2.04. The maximum Gasteiger partial charge on any atom is 0.339 e. The lowest BCUT2D eigenvalue weighted by Crippen LogP contribution is -2.01. The molecule has 5 heteroatoms. The lowest BCUT2D eigenvalue weighted by Gasteiger charge is -2.03. The molecule has 0 aliphatic rings. The molecule has 0 aromatic carbocycles. The molecular formula is C12H14O5. The number of hydrogen-bond acceptors (Lipinski definition) is 5. The molecule has 0 saturated heterocycles. The normalized spacial score (nSPS) is 11.1. The van der Waals surface area contributed by atoms with Crippen molar-refractivity contribution < 1.29 is 18.7 Å². The van der Waals surface area contributed by atoms with Crippen LogP contribution in [-0.2, 0) is 9.53 Å². The second-order valence-electron chi connectivity index (χ2n) is 3.37. The zero-order valence-electron chi connectivity index (χ0n) is 9.98. The van der Waals surface area contributed by atoms with Crippen LogP contribution in [0.5, 0.6) is 5.75 Å². The Balaban J connectivity index is 2.87. The zero-order valence-corrected chi connectivity index (χ0v) is 9.98. The summed E-state index contributed by atoms with van der Waals surface area (Å²) in [6.45, 7) is 3.22. The summed E-state index contributed by atoms with van der Waals surface area (Å²) < 4.78 is 14.7. The molecule has 0 bridgehead atoms. The number of carbonyl (C=O) groups excluding carboxylic acids is 1. The summed E-state index contributed by atoms with van der Waals surface area (Å²) in [5, 5.41) is 0. The first-order valence-electron chi connectivity index (χ1n) is 5.02. The molecule has 1 aromatic heterocycles. The van der Waals surface area contributed by atoms with Gasteiger partial charge in [-0.2, -0.15) is 0 Å². The first-order valence-corrected chi connectivity index (χ1v) is 5.02. The summed E-state index contributed by atoms with van der Waals surface area (Å²) in [7, 11) is 1.47.